The Labute approximate surface area is 520 Å². The molecule has 0 aliphatic heterocycles. The topological polar surface area (TPSA) is 78.9 Å². The third kappa shape index (κ3) is 70.8. The molecule has 0 saturated heterocycles. The number of unbranched alkanes of at least 4 members (excludes halogenated alkanes) is 59. The predicted molar refractivity (Wildman–Crippen MR) is 363 cm³/mol. The van der Waals surface area contributed by atoms with Gasteiger partial charge in [0.05, 0.1) is 0 Å². The van der Waals surface area contributed by atoms with E-state index >= 15 is 0 Å². The van der Waals surface area contributed by atoms with Gasteiger partial charge in [-0.15, -0.1) is 0 Å². The summed E-state index contributed by atoms with van der Waals surface area (Å²) in [6.07, 6.45) is 88.4. The molecule has 0 aliphatic rings. The van der Waals surface area contributed by atoms with Crippen molar-refractivity contribution in [2.75, 3.05) is 13.2 Å². The fourth-order valence-electron chi connectivity index (χ4n) is 12.0. The Kier molecular flexibility index (Phi) is 71.0. The maximum absolute atomic E-state index is 13.0. The van der Waals surface area contributed by atoms with Crippen LogP contribution < -0.4 is 0 Å². The first-order valence-corrected chi connectivity index (χ1v) is 38.2. The van der Waals surface area contributed by atoms with Gasteiger partial charge in [-0.3, -0.25) is 14.4 Å². The molecule has 6 nitrogen and oxygen atoms in total. The molecule has 6 heteroatoms. The lowest BCUT2D eigenvalue weighted by atomic mass is 10.0. The van der Waals surface area contributed by atoms with E-state index in [0.29, 0.717) is 19.3 Å². The maximum Gasteiger partial charge on any atom is 0.306 e. The number of carbonyl (C=O) groups excluding carboxylic acids is 3. The molecule has 0 aliphatic carbocycles. The molecular formula is C77H148O6. The van der Waals surface area contributed by atoms with Gasteiger partial charge in [0.15, 0.2) is 6.10 Å². The van der Waals surface area contributed by atoms with Crippen LogP contribution in [0.15, 0.2) is 12.2 Å². The smallest absolute Gasteiger partial charge is 0.306 e. The van der Waals surface area contributed by atoms with Crippen molar-refractivity contribution in [3.8, 4) is 0 Å². The van der Waals surface area contributed by atoms with Crippen LogP contribution in [0.25, 0.3) is 0 Å². The Bertz CT molecular complexity index is 1300. The highest BCUT2D eigenvalue weighted by atomic mass is 16.6. The van der Waals surface area contributed by atoms with Crippen molar-refractivity contribution in [1.82, 2.24) is 0 Å². The molecule has 1 unspecified atom stereocenters. The fraction of sp³-hybridized carbons (Fsp3) is 0.935. The monoisotopic (exact) mass is 1170 g/mol. The van der Waals surface area contributed by atoms with Crippen LogP contribution in [0, 0.1) is 0 Å². The van der Waals surface area contributed by atoms with E-state index in [1.165, 1.54) is 347 Å². The summed E-state index contributed by atoms with van der Waals surface area (Å²) in [4.78, 5) is 38.5. The summed E-state index contributed by atoms with van der Waals surface area (Å²) in [5, 5.41) is 0. The van der Waals surface area contributed by atoms with E-state index in [1.54, 1.807) is 0 Å². The van der Waals surface area contributed by atoms with Crippen LogP contribution in [-0.2, 0) is 28.6 Å². The van der Waals surface area contributed by atoms with E-state index in [9.17, 15) is 14.4 Å². The summed E-state index contributed by atoms with van der Waals surface area (Å²) in [5.41, 5.74) is 0. The minimum Gasteiger partial charge on any atom is -0.462 e. The summed E-state index contributed by atoms with van der Waals surface area (Å²) in [5.74, 6) is -0.826. The molecule has 0 bridgehead atoms. The van der Waals surface area contributed by atoms with Gasteiger partial charge in [0.1, 0.15) is 13.2 Å². The molecule has 1 atom stereocenters. The highest BCUT2D eigenvalue weighted by molar-refractivity contribution is 5.71. The molecule has 0 saturated carbocycles. The Morgan fingerprint density at radius 3 is 0.602 bits per heavy atom. The lowest BCUT2D eigenvalue weighted by Crippen LogP contribution is -2.30. The predicted octanol–water partition coefficient (Wildman–Crippen LogP) is 26.3. The second kappa shape index (κ2) is 72.6. The van der Waals surface area contributed by atoms with Gasteiger partial charge in [-0.05, 0) is 44.9 Å². The number of hydrogen-bond donors (Lipinski definition) is 0. The van der Waals surface area contributed by atoms with Crippen molar-refractivity contribution in [1.29, 1.82) is 0 Å². The van der Waals surface area contributed by atoms with Crippen LogP contribution in [0.3, 0.4) is 0 Å². The summed E-state index contributed by atoms with van der Waals surface area (Å²) in [7, 11) is 0. The van der Waals surface area contributed by atoms with Crippen LogP contribution >= 0.6 is 0 Å². The zero-order valence-electron chi connectivity index (χ0n) is 56.8. The Morgan fingerprint density at radius 1 is 0.229 bits per heavy atom. The molecule has 0 aromatic rings. The fourth-order valence-corrected chi connectivity index (χ4v) is 12.0. The highest BCUT2D eigenvalue weighted by Gasteiger charge is 2.20. The van der Waals surface area contributed by atoms with Crippen LogP contribution in [-0.4, -0.2) is 37.2 Å². The van der Waals surface area contributed by atoms with Crippen molar-refractivity contribution in [3.63, 3.8) is 0 Å². The Balaban J connectivity index is 4.18. The molecule has 0 aromatic carbocycles. The van der Waals surface area contributed by atoms with E-state index in [4.69, 9.17) is 14.2 Å². The first-order valence-electron chi connectivity index (χ1n) is 38.2. The van der Waals surface area contributed by atoms with Gasteiger partial charge < -0.3 is 14.2 Å². The Hall–Kier alpha value is -1.85. The SMILES string of the molecule is CCCCCCCCCC/C=C\CCCCCCCCCCCC(=O)OC(COC(=O)CCCCCCCCCCCCCCCCC)COC(=O)CCCCCCCCCCCCCCCCCCCCCCCCCCCCCCC. The van der Waals surface area contributed by atoms with Gasteiger partial charge in [0.2, 0.25) is 0 Å². The molecule has 492 valence electrons. The van der Waals surface area contributed by atoms with E-state index in [-0.39, 0.29) is 31.1 Å². The van der Waals surface area contributed by atoms with Crippen LogP contribution in [0.4, 0.5) is 0 Å². The number of rotatable bonds is 72. The van der Waals surface area contributed by atoms with Gasteiger partial charge in [0, 0.05) is 19.3 Å². The minimum atomic E-state index is -0.768. The number of carbonyl (C=O) groups is 3. The minimum absolute atomic E-state index is 0.0635. The number of ether oxygens (including phenoxy) is 3. The van der Waals surface area contributed by atoms with E-state index in [1.807, 2.05) is 0 Å². The summed E-state index contributed by atoms with van der Waals surface area (Å²) >= 11 is 0. The zero-order chi connectivity index (χ0) is 59.9. The van der Waals surface area contributed by atoms with Gasteiger partial charge in [0.25, 0.3) is 0 Å². The van der Waals surface area contributed by atoms with Crippen molar-refractivity contribution < 1.29 is 28.6 Å². The number of allylic oxidation sites excluding steroid dienone is 2. The van der Waals surface area contributed by atoms with E-state index in [2.05, 4.69) is 32.9 Å². The molecule has 0 rings (SSSR count). The van der Waals surface area contributed by atoms with Crippen LogP contribution in [0.2, 0.25) is 0 Å². The quantitative estimate of drug-likeness (QED) is 0.0261. The average Bonchev–Trinajstić information content (AvgIpc) is 3.49. The summed E-state index contributed by atoms with van der Waals surface area (Å²) in [6.45, 7) is 6.74. The molecule has 0 spiro atoms. The van der Waals surface area contributed by atoms with Crippen LogP contribution in [0.1, 0.15) is 445 Å². The van der Waals surface area contributed by atoms with Gasteiger partial charge >= 0.3 is 17.9 Å². The number of hydrogen-bond acceptors (Lipinski definition) is 6. The van der Waals surface area contributed by atoms with E-state index in [0.717, 1.165) is 57.8 Å². The average molecular weight is 1170 g/mol. The molecule has 0 amide bonds. The largest absolute Gasteiger partial charge is 0.462 e. The lowest BCUT2D eigenvalue weighted by molar-refractivity contribution is -0.167. The van der Waals surface area contributed by atoms with Gasteiger partial charge in [-0.25, -0.2) is 0 Å². The van der Waals surface area contributed by atoms with Crippen LogP contribution in [0.5, 0.6) is 0 Å². The maximum atomic E-state index is 13.0. The third-order valence-corrected chi connectivity index (χ3v) is 17.8. The van der Waals surface area contributed by atoms with Crippen molar-refractivity contribution in [2.24, 2.45) is 0 Å². The number of esters is 3. The summed E-state index contributed by atoms with van der Waals surface area (Å²) in [6, 6.07) is 0. The molecular weight excluding hydrogens is 1020 g/mol. The molecule has 0 aromatic heterocycles. The van der Waals surface area contributed by atoms with E-state index < -0.39 is 6.10 Å². The van der Waals surface area contributed by atoms with Gasteiger partial charge in [-0.2, -0.15) is 0 Å². The second-order valence-electron chi connectivity index (χ2n) is 26.3. The normalized spacial score (nSPS) is 12.0. The van der Waals surface area contributed by atoms with Gasteiger partial charge in [-0.1, -0.05) is 392 Å². The molecule has 0 radical (unpaired) electrons. The zero-order valence-corrected chi connectivity index (χ0v) is 56.8. The summed E-state index contributed by atoms with van der Waals surface area (Å²) < 4.78 is 17.0. The highest BCUT2D eigenvalue weighted by Crippen LogP contribution is 2.20. The Morgan fingerprint density at radius 2 is 0.398 bits per heavy atom. The van der Waals surface area contributed by atoms with Crippen molar-refractivity contribution >= 4 is 17.9 Å². The standard InChI is InChI=1S/C77H148O6/c1-4-7-10-13-16-19-22-25-28-30-32-34-35-36-37-38-39-40-41-43-44-46-49-52-55-58-61-64-67-70-76(79)82-73-74(72-81-75(78)69-66-63-60-57-54-51-48-27-24-21-18-15-12-9-6-3)83-77(80)71-68-65-62-59-56-53-50-47-45-42-33-31-29-26-23-20-17-14-11-8-5-2/h31,33,74H,4-30,32,34-73H2,1-3H3/b33-31-. The molecule has 0 fully saturated rings. The first kappa shape index (κ1) is 81.2. The van der Waals surface area contributed by atoms with Crippen molar-refractivity contribution in [2.45, 2.75) is 451 Å². The molecule has 0 heterocycles. The second-order valence-corrected chi connectivity index (χ2v) is 26.3. The third-order valence-electron chi connectivity index (χ3n) is 17.8. The molecule has 83 heavy (non-hydrogen) atoms. The molecule has 0 N–H and O–H groups in total. The van der Waals surface area contributed by atoms with Crippen molar-refractivity contribution in [3.05, 3.63) is 12.2 Å². The first-order chi connectivity index (χ1) is 41.0. The lowest BCUT2D eigenvalue weighted by Gasteiger charge is -2.18.